The van der Waals surface area contributed by atoms with Crippen molar-refractivity contribution < 1.29 is 9.59 Å². The number of carbonyl (C=O) groups is 2. The number of rotatable bonds is 5. The first-order valence-electron chi connectivity index (χ1n) is 8.16. The van der Waals surface area contributed by atoms with E-state index in [4.69, 9.17) is 11.6 Å². The van der Waals surface area contributed by atoms with Crippen molar-refractivity contribution in [1.29, 1.82) is 0 Å². The van der Waals surface area contributed by atoms with E-state index in [2.05, 4.69) is 16.0 Å². The molecule has 2 unspecified atom stereocenters. The van der Waals surface area contributed by atoms with Gasteiger partial charge in [0.25, 0.3) is 0 Å². The summed E-state index contributed by atoms with van der Waals surface area (Å²) < 4.78 is 0. The molecule has 7 heteroatoms. The van der Waals surface area contributed by atoms with Crippen molar-refractivity contribution in [3.63, 3.8) is 0 Å². The average Bonchev–Trinajstić information content (AvgIpc) is 2.86. The Bertz CT molecular complexity index is 568. The topological polar surface area (TPSA) is 70.2 Å². The molecule has 5 nitrogen and oxygen atoms in total. The molecular weight excluding hydrogens is 349 g/mol. The number of halogens is 2. The summed E-state index contributed by atoms with van der Waals surface area (Å²) in [5, 5.41) is 9.63. The maximum Gasteiger partial charge on any atom is 0.243 e. The van der Waals surface area contributed by atoms with E-state index in [0.717, 1.165) is 12.8 Å². The van der Waals surface area contributed by atoms with Crippen LogP contribution in [0.15, 0.2) is 24.3 Å². The predicted octanol–water partition coefficient (Wildman–Crippen LogP) is 2.74. The third-order valence-electron chi connectivity index (χ3n) is 4.62. The minimum Gasteiger partial charge on any atom is -0.347 e. The lowest BCUT2D eigenvalue weighted by atomic mass is 9.89. The second-order valence-electron chi connectivity index (χ2n) is 6.51. The van der Waals surface area contributed by atoms with Crippen LogP contribution in [0, 0.1) is 5.92 Å². The van der Waals surface area contributed by atoms with Gasteiger partial charge in [-0.2, -0.15) is 0 Å². The van der Waals surface area contributed by atoms with Crippen LogP contribution in [0.25, 0.3) is 0 Å². The molecule has 0 saturated carbocycles. The van der Waals surface area contributed by atoms with E-state index < -0.39 is 0 Å². The second kappa shape index (κ2) is 8.70. The van der Waals surface area contributed by atoms with Crippen LogP contribution in [0.3, 0.4) is 0 Å². The fraction of sp³-hybridized carbons (Fsp3) is 0.529. The minimum atomic E-state index is -0.231. The van der Waals surface area contributed by atoms with E-state index in [0.29, 0.717) is 35.1 Å². The SMILES string of the molecule is Cl.O=C(CC1CC2CCC(C1)N2)NCC(=O)Nc1ccc(Cl)cc1. The van der Waals surface area contributed by atoms with Crippen LogP contribution in [0.1, 0.15) is 32.1 Å². The third-order valence-corrected chi connectivity index (χ3v) is 4.87. The molecule has 2 atom stereocenters. The van der Waals surface area contributed by atoms with Crippen molar-refractivity contribution in [3.8, 4) is 0 Å². The van der Waals surface area contributed by atoms with Crippen molar-refractivity contribution in [1.82, 2.24) is 10.6 Å². The Morgan fingerprint density at radius 1 is 1.08 bits per heavy atom. The lowest BCUT2D eigenvalue weighted by Crippen LogP contribution is -2.40. The standard InChI is InChI=1S/C17H22ClN3O2.ClH/c18-12-1-3-13(4-2-12)21-17(23)10-19-16(22)9-11-7-14-5-6-15(8-11)20-14;/h1-4,11,14-15,20H,5-10H2,(H,19,22)(H,21,23);1H. The summed E-state index contributed by atoms with van der Waals surface area (Å²) in [4.78, 5) is 23.9. The summed E-state index contributed by atoms with van der Waals surface area (Å²) in [5.41, 5.74) is 0.670. The van der Waals surface area contributed by atoms with Gasteiger partial charge >= 0.3 is 0 Å². The summed E-state index contributed by atoms with van der Waals surface area (Å²) in [6.45, 7) is -0.000707. The molecule has 0 aromatic heterocycles. The molecule has 2 aliphatic rings. The third kappa shape index (κ3) is 5.36. The molecular formula is C17H23Cl2N3O2. The zero-order valence-electron chi connectivity index (χ0n) is 13.4. The quantitative estimate of drug-likeness (QED) is 0.745. The number of anilines is 1. The number of piperidine rings is 1. The fourth-order valence-corrected chi connectivity index (χ4v) is 3.72. The Hall–Kier alpha value is -1.30. The van der Waals surface area contributed by atoms with Crippen LogP contribution < -0.4 is 16.0 Å². The number of amides is 2. The number of hydrogen-bond acceptors (Lipinski definition) is 3. The van der Waals surface area contributed by atoms with Crippen LogP contribution in [0.2, 0.25) is 5.02 Å². The maximum atomic E-state index is 12.0. The van der Waals surface area contributed by atoms with Crippen LogP contribution in [0.4, 0.5) is 5.69 Å². The van der Waals surface area contributed by atoms with Gasteiger partial charge in [-0.05, 0) is 55.9 Å². The molecule has 3 N–H and O–H groups in total. The first-order chi connectivity index (χ1) is 11.1. The van der Waals surface area contributed by atoms with Gasteiger partial charge in [0.05, 0.1) is 6.54 Å². The average molecular weight is 372 g/mol. The minimum absolute atomic E-state index is 0. The lowest BCUT2D eigenvalue weighted by Gasteiger charge is -2.28. The van der Waals surface area contributed by atoms with Gasteiger partial charge in [0, 0.05) is 29.2 Å². The van der Waals surface area contributed by atoms with Crippen molar-refractivity contribution >= 4 is 41.5 Å². The van der Waals surface area contributed by atoms with Gasteiger partial charge in [0.2, 0.25) is 11.8 Å². The van der Waals surface area contributed by atoms with Gasteiger partial charge in [-0.25, -0.2) is 0 Å². The van der Waals surface area contributed by atoms with E-state index in [1.54, 1.807) is 24.3 Å². The molecule has 0 spiro atoms. The Balaban J connectivity index is 0.00000208. The number of fused-ring (bicyclic) bond motifs is 2. The summed E-state index contributed by atoms with van der Waals surface area (Å²) in [6, 6.07) is 8.04. The monoisotopic (exact) mass is 371 g/mol. The molecule has 24 heavy (non-hydrogen) atoms. The van der Waals surface area contributed by atoms with Gasteiger partial charge in [-0.3, -0.25) is 9.59 Å². The van der Waals surface area contributed by atoms with Gasteiger partial charge < -0.3 is 16.0 Å². The van der Waals surface area contributed by atoms with Crippen LogP contribution >= 0.6 is 24.0 Å². The highest BCUT2D eigenvalue weighted by Crippen LogP contribution is 2.32. The predicted molar refractivity (Wildman–Crippen MR) is 97.6 cm³/mol. The second-order valence-corrected chi connectivity index (χ2v) is 6.95. The van der Waals surface area contributed by atoms with E-state index in [1.165, 1.54) is 12.8 Å². The molecule has 3 rings (SSSR count). The van der Waals surface area contributed by atoms with E-state index >= 15 is 0 Å². The molecule has 1 aromatic carbocycles. The van der Waals surface area contributed by atoms with Gasteiger partial charge in [-0.15, -0.1) is 12.4 Å². The Morgan fingerprint density at radius 2 is 1.71 bits per heavy atom. The van der Waals surface area contributed by atoms with Gasteiger partial charge in [-0.1, -0.05) is 11.6 Å². The number of benzene rings is 1. The summed E-state index contributed by atoms with van der Waals surface area (Å²) in [7, 11) is 0. The number of nitrogens with one attached hydrogen (secondary N) is 3. The lowest BCUT2D eigenvalue weighted by molar-refractivity contribution is -0.125. The summed E-state index contributed by atoms with van der Waals surface area (Å²) in [5.74, 6) is 0.168. The first-order valence-corrected chi connectivity index (χ1v) is 8.54. The smallest absolute Gasteiger partial charge is 0.243 e. The highest BCUT2D eigenvalue weighted by molar-refractivity contribution is 6.30. The van der Waals surface area contributed by atoms with Crippen molar-refractivity contribution in [2.75, 3.05) is 11.9 Å². The molecule has 2 amide bonds. The van der Waals surface area contributed by atoms with E-state index in [9.17, 15) is 9.59 Å². The molecule has 2 fully saturated rings. The highest BCUT2D eigenvalue weighted by atomic mass is 35.5. The maximum absolute atomic E-state index is 12.0. The summed E-state index contributed by atoms with van der Waals surface area (Å²) in [6.07, 6.45) is 5.11. The number of hydrogen-bond donors (Lipinski definition) is 3. The van der Waals surface area contributed by atoms with E-state index in [-0.39, 0.29) is 30.8 Å². The zero-order chi connectivity index (χ0) is 16.2. The molecule has 2 bridgehead atoms. The van der Waals surface area contributed by atoms with Crippen molar-refractivity contribution in [3.05, 3.63) is 29.3 Å². The Labute approximate surface area is 153 Å². The normalized spacial score (nSPS) is 24.8. The molecule has 0 radical (unpaired) electrons. The molecule has 1 aromatic rings. The largest absolute Gasteiger partial charge is 0.347 e. The van der Waals surface area contributed by atoms with Gasteiger partial charge in [0.1, 0.15) is 0 Å². The van der Waals surface area contributed by atoms with Crippen LogP contribution in [-0.4, -0.2) is 30.4 Å². The Morgan fingerprint density at radius 3 is 2.33 bits per heavy atom. The molecule has 0 aliphatic carbocycles. The highest BCUT2D eigenvalue weighted by Gasteiger charge is 2.34. The van der Waals surface area contributed by atoms with Crippen LogP contribution in [-0.2, 0) is 9.59 Å². The van der Waals surface area contributed by atoms with E-state index in [1.807, 2.05) is 0 Å². The van der Waals surface area contributed by atoms with Crippen LogP contribution in [0.5, 0.6) is 0 Å². The Kier molecular flexibility index (Phi) is 6.90. The molecule has 2 aliphatic heterocycles. The van der Waals surface area contributed by atoms with Gasteiger partial charge in [0.15, 0.2) is 0 Å². The van der Waals surface area contributed by atoms with Crippen molar-refractivity contribution in [2.24, 2.45) is 5.92 Å². The molecule has 2 heterocycles. The molecule has 2 saturated heterocycles. The first kappa shape index (κ1) is 19.0. The molecule has 132 valence electrons. The zero-order valence-corrected chi connectivity index (χ0v) is 15.0. The summed E-state index contributed by atoms with van der Waals surface area (Å²) >= 11 is 5.79. The fourth-order valence-electron chi connectivity index (χ4n) is 3.59. The van der Waals surface area contributed by atoms with Crippen molar-refractivity contribution in [2.45, 2.75) is 44.2 Å². The number of carbonyl (C=O) groups excluding carboxylic acids is 2.